The van der Waals surface area contributed by atoms with Gasteiger partial charge in [-0.15, -0.1) is 0 Å². The van der Waals surface area contributed by atoms with Gasteiger partial charge in [-0.3, -0.25) is 13.8 Å². The van der Waals surface area contributed by atoms with Gasteiger partial charge in [-0.1, -0.05) is 139 Å². The Labute approximate surface area is 298 Å². The first-order valence-corrected chi connectivity index (χ1v) is 20.5. The summed E-state index contributed by atoms with van der Waals surface area (Å²) in [7, 11) is -4.42. The lowest BCUT2D eigenvalue weighted by molar-refractivity contribution is -0.124. The fourth-order valence-corrected chi connectivity index (χ4v) is 5.73. The number of nitrogens with one attached hydrogen (secondary N) is 1. The van der Waals surface area contributed by atoms with Crippen molar-refractivity contribution in [2.24, 2.45) is 5.73 Å². The predicted octanol–water partition coefficient (Wildman–Crippen LogP) is 8.91. The van der Waals surface area contributed by atoms with E-state index in [1.54, 1.807) is 12.2 Å². The Morgan fingerprint density at radius 3 is 1.78 bits per heavy atom. The van der Waals surface area contributed by atoms with Crippen LogP contribution >= 0.6 is 7.82 Å². The van der Waals surface area contributed by atoms with Crippen LogP contribution < -0.4 is 11.1 Å². The first kappa shape index (κ1) is 47.2. The van der Waals surface area contributed by atoms with Gasteiger partial charge in [-0.05, 0) is 57.8 Å². The summed E-state index contributed by atoms with van der Waals surface area (Å²) in [6.45, 7) is 3.83. The number of unbranched alkanes of at least 4 members (excludes halogenated alkanes) is 14. The Kier molecular flexibility index (Phi) is 33.3. The summed E-state index contributed by atoms with van der Waals surface area (Å²) in [6.07, 6.45) is 39.1. The van der Waals surface area contributed by atoms with Crippen molar-refractivity contribution in [2.45, 2.75) is 161 Å². The molecule has 0 fully saturated rings. The fourth-order valence-electron chi connectivity index (χ4n) is 4.97. The molecule has 0 heterocycles. The minimum atomic E-state index is -4.42. The van der Waals surface area contributed by atoms with Crippen LogP contribution in [-0.4, -0.2) is 59.0 Å². The molecule has 0 radical (unpaired) electrons. The first-order valence-electron chi connectivity index (χ1n) is 19.0. The Bertz CT molecular complexity index is 967. The second kappa shape index (κ2) is 34.6. The number of allylic oxidation sites excluding steroid dienone is 8. The van der Waals surface area contributed by atoms with Gasteiger partial charge in [0.1, 0.15) is 0 Å². The Morgan fingerprint density at radius 2 is 1.20 bits per heavy atom. The van der Waals surface area contributed by atoms with E-state index >= 15 is 0 Å². The normalized spacial score (nSPS) is 15.6. The van der Waals surface area contributed by atoms with Crippen LogP contribution in [0.4, 0.5) is 0 Å². The largest absolute Gasteiger partial charge is 0.472 e. The van der Waals surface area contributed by atoms with E-state index in [0.717, 1.165) is 32.1 Å². The first-order chi connectivity index (χ1) is 23.8. The van der Waals surface area contributed by atoms with Crippen molar-refractivity contribution in [1.82, 2.24) is 5.32 Å². The zero-order valence-corrected chi connectivity index (χ0v) is 31.7. The van der Waals surface area contributed by atoms with Gasteiger partial charge in [0.2, 0.25) is 5.91 Å². The molecule has 6 N–H and O–H groups in total. The van der Waals surface area contributed by atoms with E-state index in [-0.39, 0.29) is 19.6 Å². The van der Waals surface area contributed by atoms with Crippen LogP contribution in [0.15, 0.2) is 60.8 Å². The third-order valence-corrected chi connectivity index (χ3v) is 8.84. The summed E-state index contributed by atoms with van der Waals surface area (Å²) in [6, 6.07) is -1.04. The van der Waals surface area contributed by atoms with Crippen molar-refractivity contribution in [1.29, 1.82) is 0 Å². The quantitative estimate of drug-likeness (QED) is 0.0252. The van der Waals surface area contributed by atoms with Gasteiger partial charge in [0.05, 0.1) is 37.9 Å². The molecule has 284 valence electrons. The van der Waals surface area contributed by atoms with Gasteiger partial charge in [0, 0.05) is 6.54 Å². The number of phosphoric acid groups is 1. The summed E-state index contributed by atoms with van der Waals surface area (Å²) >= 11 is 0. The van der Waals surface area contributed by atoms with Gasteiger partial charge >= 0.3 is 7.82 Å². The molecule has 0 bridgehead atoms. The molecule has 4 unspecified atom stereocenters. The SMILES string of the molecule is CCCCCCCC/C=C\C/C=C\C(O)CC(=O)NC(COP(=O)(O)OCCN)C(O)/C=C/CC/C=C/CC/C=C/CCCCCCCC. The highest BCUT2D eigenvalue weighted by Crippen LogP contribution is 2.43. The van der Waals surface area contributed by atoms with E-state index in [1.165, 1.54) is 83.1 Å². The Morgan fingerprint density at radius 1 is 0.694 bits per heavy atom. The highest BCUT2D eigenvalue weighted by Gasteiger charge is 2.27. The van der Waals surface area contributed by atoms with Crippen molar-refractivity contribution < 1.29 is 33.5 Å². The smallest absolute Gasteiger partial charge is 0.389 e. The maximum atomic E-state index is 12.7. The molecule has 9 nitrogen and oxygen atoms in total. The van der Waals surface area contributed by atoms with E-state index in [9.17, 15) is 24.5 Å². The Hall–Kier alpha value is -1.84. The van der Waals surface area contributed by atoms with Gasteiger partial charge in [0.25, 0.3) is 0 Å². The van der Waals surface area contributed by atoms with Crippen molar-refractivity contribution in [2.75, 3.05) is 19.8 Å². The molecule has 0 aromatic carbocycles. The molecule has 0 aliphatic rings. The molecule has 0 aliphatic carbocycles. The topological polar surface area (TPSA) is 151 Å². The lowest BCUT2D eigenvalue weighted by Gasteiger charge is -2.23. The minimum absolute atomic E-state index is 0.0319. The van der Waals surface area contributed by atoms with Crippen molar-refractivity contribution in [3.8, 4) is 0 Å². The number of aliphatic hydroxyl groups is 2. The fraction of sp³-hybridized carbons (Fsp3) is 0.718. The molecule has 0 spiro atoms. The zero-order chi connectivity index (χ0) is 36.3. The van der Waals surface area contributed by atoms with Crippen LogP contribution in [0, 0.1) is 0 Å². The third kappa shape index (κ3) is 33.1. The molecule has 4 atom stereocenters. The van der Waals surface area contributed by atoms with Crippen LogP contribution in [-0.2, 0) is 18.4 Å². The highest BCUT2D eigenvalue weighted by atomic mass is 31.2. The molecular formula is C39H71N2O7P. The van der Waals surface area contributed by atoms with Gasteiger partial charge in [0.15, 0.2) is 0 Å². The van der Waals surface area contributed by atoms with Crippen LogP contribution in [0.5, 0.6) is 0 Å². The molecular weight excluding hydrogens is 639 g/mol. The summed E-state index contributed by atoms with van der Waals surface area (Å²) in [4.78, 5) is 22.6. The molecule has 0 saturated heterocycles. The lowest BCUT2D eigenvalue weighted by Crippen LogP contribution is -2.46. The van der Waals surface area contributed by atoms with E-state index in [0.29, 0.717) is 12.8 Å². The van der Waals surface area contributed by atoms with Crippen molar-refractivity contribution in [3.05, 3.63) is 60.8 Å². The van der Waals surface area contributed by atoms with Crippen LogP contribution in [0.25, 0.3) is 0 Å². The number of aliphatic hydroxyl groups excluding tert-OH is 2. The van der Waals surface area contributed by atoms with E-state index in [2.05, 4.69) is 55.6 Å². The van der Waals surface area contributed by atoms with Crippen LogP contribution in [0.1, 0.15) is 142 Å². The van der Waals surface area contributed by atoms with Gasteiger partial charge in [-0.25, -0.2) is 4.57 Å². The second-order valence-corrected chi connectivity index (χ2v) is 14.0. The highest BCUT2D eigenvalue weighted by molar-refractivity contribution is 7.47. The number of phosphoric ester groups is 1. The second-order valence-electron chi connectivity index (χ2n) is 12.6. The number of hydrogen-bond acceptors (Lipinski definition) is 7. The number of carbonyl (C=O) groups is 1. The number of amides is 1. The van der Waals surface area contributed by atoms with Crippen molar-refractivity contribution in [3.63, 3.8) is 0 Å². The molecule has 0 rings (SSSR count). The predicted molar refractivity (Wildman–Crippen MR) is 204 cm³/mol. The van der Waals surface area contributed by atoms with Crippen LogP contribution in [0.3, 0.4) is 0 Å². The van der Waals surface area contributed by atoms with E-state index in [4.69, 9.17) is 14.8 Å². The van der Waals surface area contributed by atoms with E-state index in [1.807, 2.05) is 6.08 Å². The van der Waals surface area contributed by atoms with E-state index < -0.39 is 38.6 Å². The van der Waals surface area contributed by atoms with Gasteiger partial charge < -0.3 is 26.2 Å². The zero-order valence-electron chi connectivity index (χ0n) is 30.8. The standard InChI is InChI=1S/C39H71N2O7P/c1-3-5-7-9-11-13-15-16-17-18-19-21-23-25-27-29-31-38(43)37(35-48-49(45,46)47-33-32-40)41-39(44)34-36(42)30-28-26-24-22-20-14-12-10-8-6-4-2/h16-17,21-24,28-31,36-38,42-43H,3-15,18-20,25-27,32-35,40H2,1-2H3,(H,41,44)(H,45,46)/b17-16+,23-21+,24-22-,30-28-,31-29+. The molecule has 0 aromatic heterocycles. The summed E-state index contributed by atoms with van der Waals surface area (Å²) in [5, 5.41) is 23.7. The molecule has 10 heteroatoms. The molecule has 0 aliphatic heterocycles. The lowest BCUT2D eigenvalue weighted by atomic mass is 10.1. The molecule has 0 aromatic rings. The molecule has 1 amide bonds. The third-order valence-electron chi connectivity index (χ3n) is 7.86. The maximum Gasteiger partial charge on any atom is 0.472 e. The molecule has 49 heavy (non-hydrogen) atoms. The minimum Gasteiger partial charge on any atom is -0.389 e. The summed E-state index contributed by atoms with van der Waals surface area (Å²) in [5.41, 5.74) is 5.33. The number of carbonyl (C=O) groups excluding carboxylic acids is 1. The number of nitrogens with two attached hydrogens (primary N) is 1. The number of hydrogen-bond donors (Lipinski definition) is 5. The van der Waals surface area contributed by atoms with Crippen LogP contribution in [0.2, 0.25) is 0 Å². The van der Waals surface area contributed by atoms with Gasteiger partial charge in [-0.2, -0.15) is 0 Å². The number of rotatable bonds is 34. The average molecular weight is 711 g/mol. The Balaban J connectivity index is 4.64. The monoisotopic (exact) mass is 710 g/mol. The maximum absolute atomic E-state index is 12.7. The summed E-state index contributed by atoms with van der Waals surface area (Å²) < 4.78 is 21.9. The van der Waals surface area contributed by atoms with Crippen molar-refractivity contribution >= 4 is 13.7 Å². The summed E-state index contributed by atoms with van der Waals surface area (Å²) in [5.74, 6) is -0.531. The average Bonchev–Trinajstić information content (AvgIpc) is 3.07. The molecule has 0 saturated carbocycles.